The predicted octanol–water partition coefficient (Wildman–Crippen LogP) is 1.82. The maximum atomic E-state index is 12.5. The predicted molar refractivity (Wildman–Crippen MR) is 90.3 cm³/mol. The van der Waals surface area contributed by atoms with Crippen molar-refractivity contribution < 1.29 is 13.2 Å². The summed E-state index contributed by atoms with van der Waals surface area (Å²) in [6.07, 6.45) is 2.34. The van der Waals surface area contributed by atoms with Crippen LogP contribution < -0.4 is 5.32 Å². The van der Waals surface area contributed by atoms with Crippen molar-refractivity contribution >= 4 is 27.2 Å². The lowest BCUT2D eigenvalue weighted by molar-refractivity contribution is 0.0730. The molecule has 0 unspecified atom stereocenters. The number of ether oxygens (including phenoxy) is 1. The molecule has 1 saturated heterocycles. The van der Waals surface area contributed by atoms with Gasteiger partial charge in [-0.2, -0.15) is 4.31 Å². The van der Waals surface area contributed by atoms with Gasteiger partial charge in [0, 0.05) is 30.7 Å². The zero-order valence-electron chi connectivity index (χ0n) is 12.6. The minimum Gasteiger partial charge on any atom is -0.379 e. The third-order valence-corrected chi connectivity index (χ3v) is 6.42. The minimum atomic E-state index is -3.47. The average molecular weight is 353 g/mol. The summed E-state index contributed by atoms with van der Waals surface area (Å²) in [5, 5.41) is 5.26. The molecule has 1 fully saturated rings. The summed E-state index contributed by atoms with van der Waals surface area (Å²) < 4.78 is 31.6. The Kier molecular flexibility index (Phi) is 5.27. The largest absolute Gasteiger partial charge is 0.379 e. The molecular formula is C15H19N3O3S2. The summed E-state index contributed by atoms with van der Waals surface area (Å²) in [6.45, 7) is 2.43. The molecule has 6 nitrogen and oxygen atoms in total. The highest BCUT2D eigenvalue weighted by atomic mass is 32.2. The van der Waals surface area contributed by atoms with Crippen LogP contribution in [0, 0.1) is 0 Å². The highest BCUT2D eigenvalue weighted by Crippen LogP contribution is 2.17. The Bertz CT molecular complexity index is 709. The molecule has 1 aliphatic heterocycles. The van der Waals surface area contributed by atoms with Gasteiger partial charge >= 0.3 is 0 Å². The standard InChI is InChI=1S/C15H19N3O3S2/c19-23(20,18-7-9-21-10-8-18)14-3-4-15(17-12-14)16-6-5-13-2-1-11-22-13/h1-4,11-12H,5-10H2,(H,16,17). The van der Waals surface area contributed by atoms with E-state index in [2.05, 4.69) is 21.7 Å². The van der Waals surface area contributed by atoms with Crippen molar-refractivity contribution in [2.75, 3.05) is 38.2 Å². The van der Waals surface area contributed by atoms with Crippen LogP contribution in [0.4, 0.5) is 5.82 Å². The number of nitrogens with one attached hydrogen (secondary N) is 1. The molecular weight excluding hydrogens is 334 g/mol. The van der Waals surface area contributed by atoms with Crippen LogP contribution >= 0.6 is 11.3 Å². The van der Waals surface area contributed by atoms with Crippen LogP contribution in [0.1, 0.15) is 4.88 Å². The lowest BCUT2D eigenvalue weighted by atomic mass is 10.3. The number of nitrogens with zero attached hydrogens (tertiary/aromatic N) is 2. The molecule has 2 aromatic heterocycles. The van der Waals surface area contributed by atoms with Crippen molar-refractivity contribution in [1.29, 1.82) is 0 Å². The first-order chi connectivity index (χ1) is 11.2. The van der Waals surface area contributed by atoms with Gasteiger partial charge in [0.15, 0.2) is 0 Å². The van der Waals surface area contributed by atoms with Crippen molar-refractivity contribution in [3.63, 3.8) is 0 Å². The third-order valence-electron chi connectivity index (χ3n) is 3.60. The van der Waals surface area contributed by atoms with E-state index < -0.39 is 10.0 Å². The summed E-state index contributed by atoms with van der Waals surface area (Å²) >= 11 is 1.72. The number of thiophene rings is 1. The van der Waals surface area contributed by atoms with Crippen molar-refractivity contribution in [3.8, 4) is 0 Å². The molecule has 0 aromatic carbocycles. The average Bonchev–Trinajstić information content (AvgIpc) is 3.10. The van der Waals surface area contributed by atoms with Gasteiger partial charge in [-0.15, -0.1) is 11.3 Å². The molecule has 0 bridgehead atoms. The van der Waals surface area contributed by atoms with Crippen LogP contribution in [-0.2, 0) is 21.2 Å². The van der Waals surface area contributed by atoms with E-state index >= 15 is 0 Å². The zero-order chi connectivity index (χ0) is 16.1. The van der Waals surface area contributed by atoms with Crippen molar-refractivity contribution in [3.05, 3.63) is 40.7 Å². The van der Waals surface area contributed by atoms with E-state index in [0.717, 1.165) is 13.0 Å². The summed E-state index contributed by atoms with van der Waals surface area (Å²) in [5.74, 6) is 0.683. The Hall–Kier alpha value is -1.48. The maximum absolute atomic E-state index is 12.5. The van der Waals surface area contributed by atoms with Crippen molar-refractivity contribution in [1.82, 2.24) is 9.29 Å². The smallest absolute Gasteiger partial charge is 0.244 e. The Morgan fingerprint density at radius 3 is 2.74 bits per heavy atom. The lowest BCUT2D eigenvalue weighted by Gasteiger charge is -2.25. The molecule has 0 saturated carbocycles. The second-order valence-corrected chi connectivity index (χ2v) is 8.12. The van der Waals surface area contributed by atoms with E-state index in [1.807, 2.05) is 6.07 Å². The van der Waals surface area contributed by atoms with Crippen LogP contribution in [0.25, 0.3) is 0 Å². The number of hydrogen-bond donors (Lipinski definition) is 1. The van der Waals surface area contributed by atoms with Crippen molar-refractivity contribution in [2.24, 2.45) is 0 Å². The first-order valence-electron chi connectivity index (χ1n) is 7.46. The Morgan fingerprint density at radius 1 is 1.26 bits per heavy atom. The highest BCUT2D eigenvalue weighted by Gasteiger charge is 2.26. The van der Waals surface area contributed by atoms with Gasteiger partial charge < -0.3 is 10.1 Å². The van der Waals surface area contributed by atoms with Gasteiger partial charge in [0.2, 0.25) is 10.0 Å². The fraction of sp³-hybridized carbons (Fsp3) is 0.400. The highest BCUT2D eigenvalue weighted by molar-refractivity contribution is 7.89. The molecule has 8 heteroatoms. The molecule has 1 N–H and O–H groups in total. The molecule has 124 valence electrons. The topological polar surface area (TPSA) is 71.5 Å². The lowest BCUT2D eigenvalue weighted by Crippen LogP contribution is -2.40. The molecule has 2 aromatic rings. The molecule has 1 aliphatic rings. The molecule has 0 atom stereocenters. The Morgan fingerprint density at radius 2 is 2.09 bits per heavy atom. The van der Waals surface area contributed by atoms with Crippen LogP contribution in [0.5, 0.6) is 0 Å². The van der Waals surface area contributed by atoms with E-state index in [1.54, 1.807) is 23.5 Å². The van der Waals surface area contributed by atoms with E-state index in [0.29, 0.717) is 32.1 Å². The SMILES string of the molecule is O=S(=O)(c1ccc(NCCc2cccs2)nc1)N1CCOCC1. The number of anilines is 1. The van der Waals surface area contributed by atoms with Gasteiger partial charge in [-0.3, -0.25) is 0 Å². The van der Waals surface area contributed by atoms with Crippen LogP contribution in [-0.4, -0.2) is 50.6 Å². The fourth-order valence-electron chi connectivity index (χ4n) is 2.34. The van der Waals surface area contributed by atoms with Crippen molar-refractivity contribution in [2.45, 2.75) is 11.3 Å². The molecule has 23 heavy (non-hydrogen) atoms. The van der Waals surface area contributed by atoms with Gasteiger partial charge in [-0.25, -0.2) is 13.4 Å². The number of aromatic nitrogens is 1. The molecule has 0 amide bonds. The van der Waals surface area contributed by atoms with Crippen LogP contribution in [0.15, 0.2) is 40.7 Å². The van der Waals surface area contributed by atoms with E-state index in [9.17, 15) is 8.42 Å². The molecule has 0 aliphatic carbocycles. The number of pyridine rings is 1. The number of rotatable bonds is 6. The maximum Gasteiger partial charge on any atom is 0.244 e. The summed E-state index contributed by atoms with van der Waals surface area (Å²) in [6, 6.07) is 7.44. The zero-order valence-corrected chi connectivity index (χ0v) is 14.3. The molecule has 3 rings (SSSR count). The first-order valence-corrected chi connectivity index (χ1v) is 9.78. The number of sulfonamides is 1. The van der Waals surface area contributed by atoms with Gasteiger partial charge in [-0.1, -0.05) is 6.07 Å². The second-order valence-electron chi connectivity index (χ2n) is 5.15. The van der Waals surface area contributed by atoms with Crippen LogP contribution in [0.3, 0.4) is 0 Å². The summed E-state index contributed by atoms with van der Waals surface area (Å²) in [5.41, 5.74) is 0. The fourth-order valence-corrected chi connectivity index (χ4v) is 4.40. The first kappa shape index (κ1) is 16.4. The quantitative estimate of drug-likeness (QED) is 0.858. The van der Waals surface area contributed by atoms with E-state index in [1.165, 1.54) is 15.4 Å². The monoisotopic (exact) mass is 353 g/mol. The van der Waals surface area contributed by atoms with E-state index in [-0.39, 0.29) is 4.90 Å². The third kappa shape index (κ3) is 4.08. The Labute approximate surface area is 140 Å². The molecule has 0 radical (unpaired) electrons. The number of hydrogen-bond acceptors (Lipinski definition) is 6. The van der Waals surface area contributed by atoms with Gasteiger partial charge in [0.25, 0.3) is 0 Å². The van der Waals surface area contributed by atoms with Crippen LogP contribution in [0.2, 0.25) is 0 Å². The number of morpholine rings is 1. The van der Waals surface area contributed by atoms with Gasteiger partial charge in [0.1, 0.15) is 10.7 Å². The minimum absolute atomic E-state index is 0.225. The van der Waals surface area contributed by atoms with Gasteiger partial charge in [0.05, 0.1) is 13.2 Å². The summed E-state index contributed by atoms with van der Waals surface area (Å²) in [4.78, 5) is 5.75. The van der Waals surface area contributed by atoms with E-state index in [4.69, 9.17) is 4.74 Å². The summed E-state index contributed by atoms with van der Waals surface area (Å²) in [7, 11) is -3.47. The molecule has 0 spiro atoms. The normalized spacial score (nSPS) is 16.3. The second kappa shape index (κ2) is 7.39. The molecule has 3 heterocycles. The van der Waals surface area contributed by atoms with Gasteiger partial charge in [-0.05, 0) is 30.0 Å². The Balaban J connectivity index is 1.59.